The summed E-state index contributed by atoms with van der Waals surface area (Å²) >= 11 is 12.0. The molecule has 0 aliphatic rings. The first kappa shape index (κ1) is 15.6. The summed E-state index contributed by atoms with van der Waals surface area (Å²) in [4.78, 5) is 0. The number of benzene rings is 1. The average Bonchev–Trinajstić information content (AvgIpc) is 2.19. The van der Waals surface area contributed by atoms with E-state index in [1.165, 1.54) is 0 Å². The number of hydrogen-bond donors (Lipinski definition) is 0. The van der Waals surface area contributed by atoms with Crippen molar-refractivity contribution in [2.45, 2.75) is 13.3 Å². The highest BCUT2D eigenvalue weighted by Gasteiger charge is 2.08. The molecule has 18 heavy (non-hydrogen) atoms. The number of aryl methyl sites for hydroxylation is 1. The van der Waals surface area contributed by atoms with Crippen molar-refractivity contribution in [3.63, 3.8) is 0 Å². The second-order valence-electron chi connectivity index (χ2n) is 3.79. The minimum absolute atomic E-state index is 0.0694. The summed E-state index contributed by atoms with van der Waals surface area (Å²) in [7, 11) is -3.40. The Kier molecular flexibility index (Phi) is 5.72. The Morgan fingerprint density at radius 2 is 1.72 bits per heavy atom. The minimum Gasteiger partial charge on any atom is -0.490 e. The second-order valence-corrected chi connectivity index (χ2v) is 6.24. The van der Waals surface area contributed by atoms with Gasteiger partial charge in [-0.2, -0.15) is 8.42 Å². The van der Waals surface area contributed by atoms with E-state index in [0.29, 0.717) is 22.2 Å². The predicted molar refractivity (Wildman–Crippen MR) is 72.1 cm³/mol. The van der Waals surface area contributed by atoms with Crippen molar-refractivity contribution in [2.75, 3.05) is 19.5 Å². The molecule has 0 aliphatic carbocycles. The average molecular weight is 313 g/mol. The molecule has 0 aromatic heterocycles. The molecule has 0 spiro atoms. The maximum absolute atomic E-state index is 10.7. The zero-order valence-electron chi connectivity index (χ0n) is 10.1. The third-order valence-corrected chi connectivity index (χ3v) is 3.13. The Balaban J connectivity index is 2.45. The van der Waals surface area contributed by atoms with E-state index in [4.69, 9.17) is 27.9 Å². The molecule has 0 N–H and O–H groups in total. The molecule has 0 radical (unpaired) electrons. The fourth-order valence-corrected chi connectivity index (χ4v) is 2.39. The quantitative estimate of drug-likeness (QED) is 0.598. The number of ether oxygens (including phenoxy) is 1. The van der Waals surface area contributed by atoms with E-state index in [1.807, 2.05) is 6.92 Å². The van der Waals surface area contributed by atoms with Gasteiger partial charge in [-0.1, -0.05) is 23.2 Å². The van der Waals surface area contributed by atoms with Crippen LogP contribution in [0.15, 0.2) is 12.1 Å². The maximum atomic E-state index is 10.7. The molecule has 0 aliphatic heterocycles. The van der Waals surface area contributed by atoms with Crippen molar-refractivity contribution in [2.24, 2.45) is 0 Å². The fraction of sp³-hybridized carbons (Fsp3) is 0.455. The highest BCUT2D eigenvalue weighted by atomic mass is 35.5. The monoisotopic (exact) mass is 312 g/mol. The van der Waals surface area contributed by atoms with Crippen LogP contribution < -0.4 is 4.74 Å². The van der Waals surface area contributed by atoms with Gasteiger partial charge >= 0.3 is 0 Å². The molecule has 4 nitrogen and oxygen atoms in total. The van der Waals surface area contributed by atoms with Crippen molar-refractivity contribution < 1.29 is 17.3 Å². The molecule has 0 fully saturated rings. The first-order valence-corrected chi connectivity index (χ1v) is 7.79. The molecule has 0 heterocycles. The van der Waals surface area contributed by atoms with Gasteiger partial charge in [-0.25, -0.2) is 0 Å². The van der Waals surface area contributed by atoms with Crippen molar-refractivity contribution in [3.05, 3.63) is 27.7 Å². The largest absolute Gasteiger partial charge is 0.490 e. The number of rotatable bonds is 6. The van der Waals surface area contributed by atoms with Crippen LogP contribution in [0, 0.1) is 6.92 Å². The molecule has 0 amide bonds. The van der Waals surface area contributed by atoms with Crippen LogP contribution in [0.3, 0.4) is 0 Å². The highest BCUT2D eigenvalue weighted by Crippen LogP contribution is 2.33. The van der Waals surface area contributed by atoms with E-state index in [9.17, 15) is 8.42 Å². The number of halogens is 2. The Labute approximate surface area is 117 Å². The lowest BCUT2D eigenvalue weighted by Gasteiger charge is -2.10. The molecule has 1 rings (SSSR count). The van der Waals surface area contributed by atoms with E-state index >= 15 is 0 Å². The summed E-state index contributed by atoms with van der Waals surface area (Å²) in [5.41, 5.74) is 0.942. The van der Waals surface area contributed by atoms with Gasteiger partial charge in [0.05, 0.1) is 29.5 Å². The van der Waals surface area contributed by atoms with Crippen molar-refractivity contribution >= 4 is 33.3 Å². The maximum Gasteiger partial charge on any atom is 0.264 e. The van der Waals surface area contributed by atoms with Gasteiger partial charge in [-0.3, -0.25) is 4.18 Å². The Morgan fingerprint density at radius 1 is 1.17 bits per heavy atom. The van der Waals surface area contributed by atoms with Crippen LogP contribution in [0.4, 0.5) is 0 Å². The van der Waals surface area contributed by atoms with Crippen molar-refractivity contribution in [1.82, 2.24) is 0 Å². The summed E-state index contributed by atoms with van der Waals surface area (Å²) in [5, 5.41) is 0.869. The van der Waals surface area contributed by atoms with E-state index < -0.39 is 10.1 Å². The minimum atomic E-state index is -3.40. The van der Waals surface area contributed by atoms with E-state index in [0.717, 1.165) is 11.8 Å². The SMILES string of the molecule is Cc1cc(Cl)c(OCCCOS(C)(=O)=O)c(Cl)c1. The van der Waals surface area contributed by atoms with Crippen LogP contribution in [0.1, 0.15) is 12.0 Å². The molecule has 7 heteroatoms. The third kappa shape index (κ3) is 5.44. The fourth-order valence-electron chi connectivity index (χ4n) is 1.27. The van der Waals surface area contributed by atoms with E-state index in [2.05, 4.69) is 4.18 Å². The lowest BCUT2D eigenvalue weighted by molar-refractivity contribution is 0.252. The summed E-state index contributed by atoms with van der Waals surface area (Å²) < 4.78 is 31.4. The van der Waals surface area contributed by atoms with Crippen LogP contribution >= 0.6 is 23.2 Å². The standard InChI is InChI=1S/C11H14Cl2O4S/c1-8-6-9(12)11(10(13)7-8)16-4-3-5-17-18(2,14)15/h6-7H,3-5H2,1-2H3. The molecular formula is C11H14Cl2O4S. The molecule has 0 bridgehead atoms. The summed E-state index contributed by atoms with van der Waals surface area (Å²) in [5.74, 6) is 0.406. The Morgan fingerprint density at radius 3 is 2.22 bits per heavy atom. The van der Waals surface area contributed by atoms with Crippen LogP contribution in [0.25, 0.3) is 0 Å². The van der Waals surface area contributed by atoms with Gasteiger partial charge in [0.2, 0.25) is 0 Å². The second kappa shape index (κ2) is 6.61. The molecule has 0 unspecified atom stereocenters. The van der Waals surface area contributed by atoms with Crippen LogP contribution in [0.5, 0.6) is 5.75 Å². The molecule has 0 saturated heterocycles. The summed E-state index contributed by atoms with van der Waals surface area (Å²) in [6.45, 7) is 2.22. The molecule has 1 aromatic carbocycles. The zero-order chi connectivity index (χ0) is 13.8. The van der Waals surface area contributed by atoms with Gasteiger partial charge in [0.1, 0.15) is 0 Å². The lowest BCUT2D eigenvalue weighted by Crippen LogP contribution is -2.08. The molecule has 0 saturated carbocycles. The molecule has 0 atom stereocenters. The number of hydrogen-bond acceptors (Lipinski definition) is 4. The van der Waals surface area contributed by atoms with Crippen molar-refractivity contribution in [1.29, 1.82) is 0 Å². The van der Waals surface area contributed by atoms with Crippen LogP contribution in [0.2, 0.25) is 10.0 Å². The zero-order valence-corrected chi connectivity index (χ0v) is 12.4. The van der Waals surface area contributed by atoms with Gasteiger partial charge in [0.15, 0.2) is 5.75 Å². The van der Waals surface area contributed by atoms with Crippen molar-refractivity contribution in [3.8, 4) is 5.75 Å². The molecule has 1 aromatic rings. The Bertz CT molecular complexity index is 491. The first-order valence-electron chi connectivity index (χ1n) is 5.22. The highest BCUT2D eigenvalue weighted by molar-refractivity contribution is 7.85. The van der Waals surface area contributed by atoms with Gasteiger partial charge in [0.25, 0.3) is 10.1 Å². The topological polar surface area (TPSA) is 52.6 Å². The normalized spacial score (nSPS) is 11.6. The van der Waals surface area contributed by atoms with Gasteiger partial charge in [-0.05, 0) is 24.6 Å². The van der Waals surface area contributed by atoms with E-state index in [1.54, 1.807) is 12.1 Å². The summed E-state index contributed by atoms with van der Waals surface area (Å²) in [6, 6.07) is 3.49. The van der Waals surface area contributed by atoms with Crippen LogP contribution in [-0.4, -0.2) is 27.9 Å². The first-order chi connectivity index (χ1) is 8.29. The van der Waals surface area contributed by atoms with Gasteiger partial charge in [0, 0.05) is 6.42 Å². The van der Waals surface area contributed by atoms with E-state index in [-0.39, 0.29) is 13.2 Å². The lowest BCUT2D eigenvalue weighted by atomic mass is 10.2. The smallest absolute Gasteiger partial charge is 0.264 e. The molecule has 102 valence electrons. The van der Waals surface area contributed by atoms with Crippen LogP contribution in [-0.2, 0) is 14.3 Å². The molecular weight excluding hydrogens is 299 g/mol. The van der Waals surface area contributed by atoms with Gasteiger partial charge < -0.3 is 4.74 Å². The summed E-state index contributed by atoms with van der Waals surface area (Å²) in [6.07, 6.45) is 1.43. The predicted octanol–water partition coefficient (Wildman–Crippen LogP) is 3.05. The van der Waals surface area contributed by atoms with Gasteiger partial charge in [-0.15, -0.1) is 0 Å². The Hall–Kier alpha value is -0.490. The third-order valence-electron chi connectivity index (χ3n) is 1.98.